The number of phenols is 2. The second kappa shape index (κ2) is 7.21. The van der Waals surface area contributed by atoms with Gasteiger partial charge in [-0.15, -0.1) is 0 Å². The summed E-state index contributed by atoms with van der Waals surface area (Å²) in [5.41, 5.74) is 2.90. The second-order valence-corrected chi connectivity index (χ2v) is 9.84. The van der Waals surface area contributed by atoms with Gasteiger partial charge in [-0.25, -0.2) is 13.4 Å². The highest BCUT2D eigenvalue weighted by atomic mass is 32.2. The molecule has 2 aromatic heterocycles. The Labute approximate surface area is 188 Å². The second-order valence-electron chi connectivity index (χ2n) is 7.83. The van der Waals surface area contributed by atoms with Crippen molar-refractivity contribution in [2.75, 3.05) is 6.26 Å². The standard InChI is InChI=1S/C24H18N2O6S/c1-26-12-14(9-20-23(29)22-18(28)10-15(27)11-19(22)32-20)21-17(7-8-25-24(21)26)13-3-5-16(6-4-13)33(2,30)31/h3-12,27-28H,1-2H3. The van der Waals surface area contributed by atoms with Crippen LogP contribution in [0, 0.1) is 0 Å². The highest BCUT2D eigenvalue weighted by Crippen LogP contribution is 2.41. The summed E-state index contributed by atoms with van der Waals surface area (Å²) in [4.78, 5) is 17.5. The molecule has 33 heavy (non-hydrogen) atoms. The molecule has 0 saturated carbocycles. The van der Waals surface area contributed by atoms with E-state index >= 15 is 0 Å². The van der Waals surface area contributed by atoms with Gasteiger partial charge in [-0.2, -0.15) is 0 Å². The number of hydrogen-bond acceptors (Lipinski definition) is 7. The van der Waals surface area contributed by atoms with Crippen molar-refractivity contribution in [3.8, 4) is 28.4 Å². The zero-order valence-electron chi connectivity index (χ0n) is 17.6. The highest BCUT2D eigenvalue weighted by molar-refractivity contribution is 7.90. The van der Waals surface area contributed by atoms with Gasteiger partial charge >= 0.3 is 0 Å². The van der Waals surface area contributed by atoms with Crippen LogP contribution >= 0.6 is 0 Å². The monoisotopic (exact) mass is 462 g/mol. The first-order valence-electron chi connectivity index (χ1n) is 9.88. The number of aryl methyl sites for hydroxylation is 1. The van der Waals surface area contributed by atoms with Crippen molar-refractivity contribution in [3.63, 3.8) is 0 Å². The van der Waals surface area contributed by atoms with Gasteiger partial charge in [-0.3, -0.25) is 4.79 Å². The number of allylic oxidation sites excluding steroid dienone is 1. The van der Waals surface area contributed by atoms with Crippen molar-refractivity contribution in [1.29, 1.82) is 0 Å². The van der Waals surface area contributed by atoms with Crippen molar-refractivity contribution in [2.24, 2.45) is 7.05 Å². The van der Waals surface area contributed by atoms with Crippen LogP contribution in [0.3, 0.4) is 0 Å². The topological polar surface area (TPSA) is 119 Å². The van der Waals surface area contributed by atoms with Crippen LogP contribution in [0.4, 0.5) is 0 Å². The number of pyridine rings is 1. The number of phenolic OH excluding ortho intramolecular Hbond substituents is 2. The molecular formula is C24H18N2O6S. The van der Waals surface area contributed by atoms with Crippen LogP contribution in [0.1, 0.15) is 15.9 Å². The van der Waals surface area contributed by atoms with Gasteiger partial charge in [0, 0.05) is 48.8 Å². The normalized spacial score (nSPS) is 14.6. The lowest BCUT2D eigenvalue weighted by molar-refractivity contribution is 0.101. The van der Waals surface area contributed by atoms with Gasteiger partial charge in [0.2, 0.25) is 5.78 Å². The molecule has 3 heterocycles. The molecule has 0 unspecified atom stereocenters. The van der Waals surface area contributed by atoms with Gasteiger partial charge < -0.3 is 19.5 Å². The predicted octanol–water partition coefficient (Wildman–Crippen LogP) is 3.67. The lowest BCUT2D eigenvalue weighted by atomic mass is 10.0. The first kappa shape index (κ1) is 20.8. The molecule has 0 bridgehead atoms. The van der Waals surface area contributed by atoms with Crippen molar-refractivity contribution < 1.29 is 28.2 Å². The molecule has 0 aliphatic carbocycles. The summed E-state index contributed by atoms with van der Waals surface area (Å²) in [7, 11) is -1.50. The Morgan fingerprint density at radius 2 is 1.82 bits per heavy atom. The number of carbonyl (C=O) groups is 1. The molecular weight excluding hydrogens is 444 g/mol. The van der Waals surface area contributed by atoms with Crippen molar-refractivity contribution >= 4 is 32.7 Å². The number of carbonyl (C=O) groups excluding carboxylic acids is 1. The maximum Gasteiger partial charge on any atom is 0.235 e. The van der Waals surface area contributed by atoms with Gasteiger partial charge in [-0.1, -0.05) is 12.1 Å². The maximum atomic E-state index is 12.8. The van der Waals surface area contributed by atoms with Gasteiger partial charge in [0.15, 0.2) is 15.6 Å². The van der Waals surface area contributed by atoms with Crippen LogP contribution in [0.5, 0.6) is 17.2 Å². The number of benzene rings is 2. The van der Waals surface area contributed by atoms with Gasteiger partial charge in [-0.05, 0) is 35.4 Å². The summed E-state index contributed by atoms with van der Waals surface area (Å²) < 4.78 is 31.1. The molecule has 1 aliphatic heterocycles. The van der Waals surface area contributed by atoms with Crippen LogP contribution < -0.4 is 4.74 Å². The van der Waals surface area contributed by atoms with Crippen molar-refractivity contribution in [2.45, 2.75) is 4.90 Å². The number of nitrogens with zero attached hydrogens (tertiary/aromatic N) is 2. The predicted molar refractivity (Wildman–Crippen MR) is 122 cm³/mol. The van der Waals surface area contributed by atoms with Gasteiger partial charge in [0.05, 0.1) is 4.90 Å². The number of sulfone groups is 1. The third-order valence-electron chi connectivity index (χ3n) is 5.50. The molecule has 0 spiro atoms. The molecule has 9 heteroatoms. The summed E-state index contributed by atoms with van der Waals surface area (Å²) >= 11 is 0. The largest absolute Gasteiger partial charge is 0.508 e. The summed E-state index contributed by atoms with van der Waals surface area (Å²) in [5.74, 6) is -0.985. The fourth-order valence-electron chi connectivity index (χ4n) is 3.99. The van der Waals surface area contributed by atoms with E-state index in [1.807, 2.05) is 17.7 Å². The van der Waals surface area contributed by atoms with Crippen molar-refractivity contribution in [1.82, 2.24) is 9.55 Å². The van der Waals surface area contributed by atoms with Crippen LogP contribution in [0.25, 0.3) is 28.2 Å². The minimum atomic E-state index is -3.32. The smallest absolute Gasteiger partial charge is 0.235 e. The third kappa shape index (κ3) is 3.42. The number of aromatic hydroxyl groups is 2. The molecule has 0 saturated heterocycles. The average Bonchev–Trinajstić information content (AvgIpc) is 3.24. The molecule has 0 radical (unpaired) electrons. The van der Waals surface area contributed by atoms with Crippen LogP contribution in [-0.2, 0) is 16.9 Å². The molecule has 0 amide bonds. The van der Waals surface area contributed by atoms with Gasteiger partial charge in [0.1, 0.15) is 28.5 Å². The van der Waals surface area contributed by atoms with E-state index in [-0.39, 0.29) is 33.5 Å². The minimum Gasteiger partial charge on any atom is -0.508 e. The van der Waals surface area contributed by atoms with Gasteiger partial charge in [0.25, 0.3) is 0 Å². The Morgan fingerprint density at radius 1 is 1.09 bits per heavy atom. The number of hydrogen-bond donors (Lipinski definition) is 2. The lowest BCUT2D eigenvalue weighted by Gasteiger charge is -2.07. The van der Waals surface area contributed by atoms with E-state index in [2.05, 4.69) is 4.98 Å². The molecule has 166 valence electrons. The van der Waals surface area contributed by atoms with E-state index in [0.29, 0.717) is 11.2 Å². The number of rotatable bonds is 3. The summed E-state index contributed by atoms with van der Waals surface area (Å²) in [6.45, 7) is 0. The SMILES string of the molecule is Cn1cc(C=C2Oc3cc(O)cc(O)c3C2=O)c2c(-c3ccc(S(C)(=O)=O)cc3)ccnc21. The molecule has 0 atom stereocenters. The minimum absolute atomic E-state index is 0.000581. The van der Waals surface area contributed by atoms with Crippen LogP contribution in [-0.4, -0.2) is 40.2 Å². The Hall–Kier alpha value is -4.11. The Morgan fingerprint density at radius 3 is 2.52 bits per heavy atom. The third-order valence-corrected chi connectivity index (χ3v) is 6.63. The zero-order chi connectivity index (χ0) is 23.5. The van der Waals surface area contributed by atoms with E-state index in [4.69, 9.17) is 4.74 Å². The van der Waals surface area contributed by atoms with Crippen LogP contribution in [0.2, 0.25) is 0 Å². The maximum absolute atomic E-state index is 12.8. The average molecular weight is 462 g/mol. The van der Waals surface area contributed by atoms with E-state index in [9.17, 15) is 23.4 Å². The quantitative estimate of drug-likeness (QED) is 0.446. The number of ketones is 1. The first-order chi connectivity index (χ1) is 15.6. The Balaban J connectivity index is 1.65. The fraction of sp³-hybridized carbons (Fsp3) is 0.0833. The summed E-state index contributed by atoms with van der Waals surface area (Å²) in [6, 6.07) is 10.7. The summed E-state index contributed by atoms with van der Waals surface area (Å²) in [6.07, 6.45) is 6.18. The number of aromatic nitrogens is 2. The number of ether oxygens (including phenoxy) is 1. The zero-order valence-corrected chi connectivity index (χ0v) is 18.4. The van der Waals surface area contributed by atoms with E-state index < -0.39 is 15.6 Å². The van der Waals surface area contributed by atoms with Crippen LogP contribution in [0.15, 0.2) is 65.5 Å². The molecule has 1 aliphatic rings. The molecule has 2 aromatic carbocycles. The van der Waals surface area contributed by atoms with E-state index in [0.717, 1.165) is 28.8 Å². The van der Waals surface area contributed by atoms with Crippen molar-refractivity contribution in [3.05, 3.63) is 71.7 Å². The highest BCUT2D eigenvalue weighted by Gasteiger charge is 2.31. The molecule has 2 N–H and O–H groups in total. The lowest BCUT2D eigenvalue weighted by Crippen LogP contribution is -1.98. The molecule has 0 fully saturated rings. The molecule has 8 nitrogen and oxygen atoms in total. The molecule has 5 rings (SSSR count). The molecule has 4 aromatic rings. The van der Waals surface area contributed by atoms with E-state index in [1.165, 1.54) is 6.07 Å². The summed E-state index contributed by atoms with van der Waals surface area (Å²) in [5, 5.41) is 20.5. The Bertz CT molecular complexity index is 1600. The Kier molecular flexibility index (Phi) is 4.54. The fourth-order valence-corrected chi connectivity index (χ4v) is 4.62. The number of fused-ring (bicyclic) bond motifs is 2. The number of Topliss-reactive ketones (excluding diaryl/α,β-unsaturated/α-hetero) is 1. The van der Waals surface area contributed by atoms with E-state index in [1.54, 1.807) is 42.7 Å². The first-order valence-corrected chi connectivity index (χ1v) is 11.8.